The molecule has 4 nitrogen and oxygen atoms in total. The largest absolute Gasteiger partial charge is 0.480 e. The fourth-order valence-corrected chi connectivity index (χ4v) is 5.00. The van der Waals surface area contributed by atoms with Crippen LogP contribution in [0, 0.1) is 11.3 Å². The van der Waals surface area contributed by atoms with E-state index in [-0.39, 0.29) is 17.3 Å². The van der Waals surface area contributed by atoms with Crippen molar-refractivity contribution in [3.8, 4) is 0 Å². The third-order valence-electron chi connectivity index (χ3n) is 6.02. The molecule has 1 aliphatic carbocycles. The predicted octanol–water partition coefficient (Wildman–Crippen LogP) is 3.33. The fraction of sp³-hybridized carbons (Fsp3) is 0.882. The molecule has 1 saturated carbocycles. The van der Waals surface area contributed by atoms with Crippen molar-refractivity contribution in [3.63, 3.8) is 0 Å². The third kappa shape index (κ3) is 2.06. The maximum absolute atomic E-state index is 13.2. The number of ether oxygens (including phenoxy) is 1. The lowest BCUT2D eigenvalue weighted by Crippen LogP contribution is -2.60. The molecule has 21 heavy (non-hydrogen) atoms. The molecule has 3 rings (SSSR count). The molecule has 3 aliphatic rings. The molecule has 2 heterocycles. The van der Waals surface area contributed by atoms with Gasteiger partial charge in [0.25, 0.3) is 0 Å². The molecule has 0 aromatic heterocycles. The predicted molar refractivity (Wildman–Crippen MR) is 78.0 cm³/mol. The first-order valence-electron chi connectivity index (χ1n) is 8.52. The summed E-state index contributed by atoms with van der Waals surface area (Å²) in [6.45, 7) is 2.12. The molecule has 0 unspecified atom stereocenters. The molecular weight excluding hydrogens is 268 g/mol. The Hall–Kier alpha value is -0.900. The second kappa shape index (κ2) is 5.38. The Bertz CT molecular complexity index is 446. The molecule has 3 fully saturated rings. The molecule has 4 atom stereocenters. The number of hydrogen-bond donors (Lipinski definition) is 1. The summed E-state index contributed by atoms with van der Waals surface area (Å²) in [5.41, 5.74) is -1.62. The molecule has 0 spiro atoms. The zero-order valence-corrected chi connectivity index (χ0v) is 12.9. The lowest BCUT2D eigenvalue weighted by molar-refractivity contribution is -0.199. The van der Waals surface area contributed by atoms with Gasteiger partial charge < -0.3 is 9.84 Å². The van der Waals surface area contributed by atoms with E-state index in [2.05, 4.69) is 6.92 Å². The highest BCUT2D eigenvalue weighted by Gasteiger charge is 2.67. The molecular formula is C17H26O4. The smallest absolute Gasteiger partial charge is 0.319 e. The lowest BCUT2D eigenvalue weighted by Gasteiger charge is -2.47. The van der Waals surface area contributed by atoms with Crippen LogP contribution in [0.5, 0.6) is 0 Å². The number of carbonyl (C=O) groups excluding carboxylic acids is 1. The molecule has 2 saturated heterocycles. The summed E-state index contributed by atoms with van der Waals surface area (Å²) in [4.78, 5) is 25.2. The van der Waals surface area contributed by atoms with Gasteiger partial charge >= 0.3 is 5.97 Å². The highest BCUT2D eigenvalue weighted by molar-refractivity contribution is 6.06. The molecule has 0 amide bonds. The maximum atomic E-state index is 13.2. The number of hydrogen-bond acceptors (Lipinski definition) is 3. The molecule has 118 valence electrons. The minimum absolute atomic E-state index is 0.0147. The van der Waals surface area contributed by atoms with Crippen molar-refractivity contribution < 1.29 is 19.4 Å². The lowest BCUT2D eigenvalue weighted by atomic mass is 9.65. The van der Waals surface area contributed by atoms with Gasteiger partial charge in [-0.15, -0.1) is 0 Å². The fourth-order valence-electron chi connectivity index (χ4n) is 5.00. The number of aliphatic carboxylic acids is 1. The average molecular weight is 294 g/mol. The van der Waals surface area contributed by atoms with Crippen molar-refractivity contribution in [2.45, 2.75) is 82.8 Å². The summed E-state index contributed by atoms with van der Waals surface area (Å²) in [6, 6.07) is 0. The summed E-state index contributed by atoms with van der Waals surface area (Å²) in [5, 5.41) is 9.85. The van der Waals surface area contributed by atoms with E-state index in [0.29, 0.717) is 6.42 Å². The number of carboxylic acid groups (broad SMARTS) is 1. The maximum Gasteiger partial charge on any atom is 0.319 e. The van der Waals surface area contributed by atoms with Crippen molar-refractivity contribution in [1.29, 1.82) is 0 Å². The number of carboxylic acids is 1. The van der Waals surface area contributed by atoms with Crippen LogP contribution in [-0.2, 0) is 14.3 Å². The van der Waals surface area contributed by atoms with Gasteiger partial charge in [0.05, 0.1) is 11.7 Å². The van der Waals surface area contributed by atoms with E-state index in [0.717, 1.165) is 57.8 Å². The highest BCUT2D eigenvalue weighted by Crippen LogP contribution is 2.56. The van der Waals surface area contributed by atoms with Crippen LogP contribution in [0.15, 0.2) is 0 Å². The van der Waals surface area contributed by atoms with Gasteiger partial charge in [-0.2, -0.15) is 0 Å². The Kier molecular flexibility index (Phi) is 3.85. The normalized spacial score (nSPS) is 43.0. The third-order valence-corrected chi connectivity index (χ3v) is 6.02. The first-order valence-corrected chi connectivity index (χ1v) is 8.52. The minimum Gasteiger partial charge on any atom is -0.480 e. The van der Waals surface area contributed by atoms with Crippen LogP contribution in [0.4, 0.5) is 0 Å². The van der Waals surface area contributed by atoms with Crippen LogP contribution in [0.25, 0.3) is 0 Å². The van der Waals surface area contributed by atoms with Crippen molar-refractivity contribution in [1.82, 2.24) is 0 Å². The Balaban J connectivity index is 2.05. The van der Waals surface area contributed by atoms with Crippen molar-refractivity contribution in [2.24, 2.45) is 11.3 Å². The van der Waals surface area contributed by atoms with Crippen LogP contribution in [0.3, 0.4) is 0 Å². The Morgan fingerprint density at radius 1 is 1.24 bits per heavy atom. The van der Waals surface area contributed by atoms with Gasteiger partial charge in [0, 0.05) is 5.92 Å². The molecule has 1 N–H and O–H groups in total. The van der Waals surface area contributed by atoms with Gasteiger partial charge in [-0.25, -0.2) is 0 Å². The van der Waals surface area contributed by atoms with Crippen molar-refractivity contribution >= 4 is 11.8 Å². The topological polar surface area (TPSA) is 63.6 Å². The molecule has 0 radical (unpaired) electrons. The van der Waals surface area contributed by atoms with E-state index in [1.54, 1.807) is 0 Å². The van der Waals surface area contributed by atoms with Crippen LogP contribution >= 0.6 is 0 Å². The first kappa shape index (κ1) is 15.0. The molecule has 0 aromatic rings. The summed E-state index contributed by atoms with van der Waals surface area (Å²) >= 11 is 0. The average Bonchev–Trinajstić information content (AvgIpc) is 2.83. The van der Waals surface area contributed by atoms with E-state index in [9.17, 15) is 14.7 Å². The highest BCUT2D eigenvalue weighted by atomic mass is 16.5. The summed E-state index contributed by atoms with van der Waals surface area (Å²) in [7, 11) is 0. The number of Topliss-reactive ketones (excluding diaryl/α,β-unsaturated/α-hetero) is 1. The Labute approximate surface area is 126 Å². The zero-order valence-electron chi connectivity index (χ0n) is 12.9. The molecule has 0 aromatic carbocycles. The molecule has 2 aliphatic heterocycles. The summed E-state index contributed by atoms with van der Waals surface area (Å²) in [5.74, 6) is -1.17. The number of rotatable bonds is 3. The van der Waals surface area contributed by atoms with Gasteiger partial charge in [-0.05, 0) is 32.1 Å². The first-order chi connectivity index (χ1) is 10.1. The van der Waals surface area contributed by atoms with Crippen molar-refractivity contribution in [2.75, 3.05) is 0 Å². The SMILES string of the molecule is CCC[C@@]12CC[C@@H](O1)[C@@]1(C(=O)O)CCCCCC[C@@H]2C1=O. The van der Waals surface area contributed by atoms with E-state index in [4.69, 9.17) is 4.74 Å². The zero-order chi connectivity index (χ0) is 15.1. The second-order valence-corrected chi connectivity index (χ2v) is 7.11. The molecule has 4 heteroatoms. The monoisotopic (exact) mass is 294 g/mol. The van der Waals surface area contributed by atoms with Crippen LogP contribution in [-0.4, -0.2) is 28.6 Å². The standard InChI is InChI=1S/C17H26O4/c1-2-9-16-11-8-13(21-16)17(15(19)20)10-6-4-3-5-7-12(16)14(17)18/h12-13H,2-11H2,1H3,(H,19,20)/t12-,13-,16+,17+/m1/s1. The number of carbonyl (C=O) groups is 2. The summed E-state index contributed by atoms with van der Waals surface area (Å²) < 4.78 is 6.32. The van der Waals surface area contributed by atoms with Gasteiger partial charge in [0.2, 0.25) is 0 Å². The van der Waals surface area contributed by atoms with Gasteiger partial charge in [-0.1, -0.05) is 39.0 Å². The van der Waals surface area contributed by atoms with E-state index in [1.165, 1.54) is 0 Å². The van der Waals surface area contributed by atoms with Gasteiger partial charge in [0.1, 0.15) is 0 Å². The number of fused-ring (bicyclic) bond motifs is 6. The van der Waals surface area contributed by atoms with E-state index in [1.807, 2.05) is 0 Å². The van der Waals surface area contributed by atoms with Crippen LogP contribution < -0.4 is 0 Å². The number of ketones is 1. The minimum atomic E-state index is -1.26. The quantitative estimate of drug-likeness (QED) is 0.811. The van der Waals surface area contributed by atoms with Crippen molar-refractivity contribution in [3.05, 3.63) is 0 Å². The molecule has 4 bridgehead atoms. The van der Waals surface area contributed by atoms with E-state index < -0.39 is 17.5 Å². The van der Waals surface area contributed by atoms with E-state index >= 15 is 0 Å². The Morgan fingerprint density at radius 3 is 2.71 bits per heavy atom. The Morgan fingerprint density at radius 2 is 2.00 bits per heavy atom. The second-order valence-electron chi connectivity index (χ2n) is 7.11. The summed E-state index contributed by atoms with van der Waals surface area (Å²) in [6.07, 6.45) is 8.30. The van der Waals surface area contributed by atoms with Gasteiger partial charge in [0.15, 0.2) is 11.2 Å². The van der Waals surface area contributed by atoms with Crippen LogP contribution in [0.2, 0.25) is 0 Å². The van der Waals surface area contributed by atoms with Crippen LogP contribution in [0.1, 0.15) is 71.1 Å². The van der Waals surface area contributed by atoms with Gasteiger partial charge in [-0.3, -0.25) is 9.59 Å².